The fourth-order valence-electron chi connectivity index (χ4n) is 1.66. The van der Waals surface area contributed by atoms with Gasteiger partial charge in [-0.15, -0.1) is 0 Å². The fraction of sp³-hybridized carbons (Fsp3) is 0.455. The van der Waals surface area contributed by atoms with Gasteiger partial charge in [-0.05, 0) is 25.5 Å². The van der Waals surface area contributed by atoms with Crippen molar-refractivity contribution in [1.82, 2.24) is 20.1 Å². The van der Waals surface area contributed by atoms with E-state index < -0.39 is 0 Å². The first-order chi connectivity index (χ1) is 7.77. The Balaban J connectivity index is 1.80. The Morgan fingerprint density at radius 1 is 1.56 bits per heavy atom. The van der Waals surface area contributed by atoms with Gasteiger partial charge in [0.25, 0.3) is 0 Å². The second kappa shape index (κ2) is 4.94. The number of nitrogens with one attached hydrogen (secondary N) is 1. The quantitative estimate of drug-likeness (QED) is 0.830. The van der Waals surface area contributed by atoms with E-state index in [0.717, 1.165) is 18.8 Å². The van der Waals surface area contributed by atoms with Crippen LogP contribution < -0.4 is 5.32 Å². The third-order valence-corrected chi connectivity index (χ3v) is 2.55. The van der Waals surface area contributed by atoms with Crippen LogP contribution in [0.2, 0.25) is 0 Å². The maximum absolute atomic E-state index is 5.42. The molecule has 2 aromatic heterocycles. The monoisotopic (exact) mass is 220 g/mol. The van der Waals surface area contributed by atoms with E-state index in [0.29, 0.717) is 0 Å². The maximum atomic E-state index is 5.42. The van der Waals surface area contributed by atoms with E-state index >= 15 is 0 Å². The van der Waals surface area contributed by atoms with E-state index in [2.05, 4.69) is 29.2 Å². The summed E-state index contributed by atoms with van der Waals surface area (Å²) < 4.78 is 7.22. The van der Waals surface area contributed by atoms with E-state index in [1.807, 2.05) is 6.07 Å². The number of furan rings is 1. The largest absolute Gasteiger partial charge is 0.467 e. The highest BCUT2D eigenvalue weighted by atomic mass is 16.3. The van der Waals surface area contributed by atoms with Crippen LogP contribution in [-0.2, 0) is 6.54 Å². The van der Waals surface area contributed by atoms with Gasteiger partial charge in [0.05, 0.1) is 18.8 Å². The van der Waals surface area contributed by atoms with Crippen molar-refractivity contribution in [1.29, 1.82) is 0 Å². The Labute approximate surface area is 94.5 Å². The average molecular weight is 220 g/mol. The molecule has 0 radical (unpaired) electrons. The van der Waals surface area contributed by atoms with Crippen molar-refractivity contribution >= 4 is 0 Å². The van der Waals surface area contributed by atoms with E-state index in [4.69, 9.17) is 4.42 Å². The summed E-state index contributed by atoms with van der Waals surface area (Å²) in [5.41, 5.74) is 1.18. The zero-order valence-electron chi connectivity index (χ0n) is 9.55. The normalized spacial score (nSPS) is 12.9. The molecule has 2 heterocycles. The van der Waals surface area contributed by atoms with Crippen LogP contribution >= 0.6 is 0 Å². The topological polar surface area (TPSA) is 55.9 Å². The molecule has 0 aliphatic carbocycles. The minimum absolute atomic E-state index is 0.221. The third-order valence-electron chi connectivity index (χ3n) is 2.55. The molecule has 0 saturated heterocycles. The molecule has 86 valence electrons. The van der Waals surface area contributed by atoms with Gasteiger partial charge in [-0.25, -0.2) is 4.98 Å². The van der Waals surface area contributed by atoms with Crippen molar-refractivity contribution in [2.24, 2.45) is 0 Å². The van der Waals surface area contributed by atoms with Crippen molar-refractivity contribution in [2.45, 2.75) is 26.4 Å². The molecule has 5 heteroatoms. The Hall–Kier alpha value is -1.62. The highest BCUT2D eigenvalue weighted by molar-refractivity contribution is 5.17. The third kappa shape index (κ3) is 2.49. The van der Waals surface area contributed by atoms with E-state index in [1.54, 1.807) is 23.6 Å². The van der Waals surface area contributed by atoms with Crippen molar-refractivity contribution in [3.8, 4) is 0 Å². The Morgan fingerprint density at radius 2 is 2.44 bits per heavy atom. The molecule has 1 atom stereocenters. The summed E-state index contributed by atoms with van der Waals surface area (Å²) in [6.07, 6.45) is 4.98. The van der Waals surface area contributed by atoms with Gasteiger partial charge in [-0.1, -0.05) is 0 Å². The van der Waals surface area contributed by atoms with Gasteiger partial charge in [0.15, 0.2) is 0 Å². The van der Waals surface area contributed by atoms with Crippen LogP contribution in [0, 0.1) is 6.92 Å². The van der Waals surface area contributed by atoms with Crippen LogP contribution in [0.3, 0.4) is 0 Å². The zero-order chi connectivity index (χ0) is 11.4. The average Bonchev–Trinajstić information content (AvgIpc) is 2.88. The molecule has 0 spiro atoms. The molecule has 0 aromatic carbocycles. The smallest absolute Gasteiger partial charge is 0.137 e. The van der Waals surface area contributed by atoms with Gasteiger partial charge in [-0.2, -0.15) is 5.10 Å². The lowest BCUT2D eigenvalue weighted by Crippen LogP contribution is -2.23. The molecule has 2 aromatic rings. The molecular weight excluding hydrogens is 204 g/mol. The molecule has 0 bridgehead atoms. The minimum Gasteiger partial charge on any atom is -0.467 e. The van der Waals surface area contributed by atoms with E-state index in [1.165, 1.54) is 5.56 Å². The molecule has 16 heavy (non-hydrogen) atoms. The summed E-state index contributed by atoms with van der Waals surface area (Å²) in [5.74, 6) is 0.999. The van der Waals surface area contributed by atoms with E-state index in [9.17, 15) is 0 Å². The Morgan fingerprint density at radius 3 is 3.06 bits per heavy atom. The summed E-state index contributed by atoms with van der Waals surface area (Å²) in [6.45, 7) is 5.79. The Bertz CT molecular complexity index is 421. The van der Waals surface area contributed by atoms with Crippen LogP contribution in [0.4, 0.5) is 0 Å². The highest BCUT2D eigenvalue weighted by Crippen LogP contribution is 2.17. The maximum Gasteiger partial charge on any atom is 0.137 e. The number of nitrogens with zero attached hydrogens (tertiary/aromatic N) is 3. The van der Waals surface area contributed by atoms with Gasteiger partial charge < -0.3 is 9.73 Å². The van der Waals surface area contributed by atoms with E-state index in [-0.39, 0.29) is 6.04 Å². The summed E-state index contributed by atoms with van der Waals surface area (Å²) in [5, 5.41) is 7.42. The molecule has 0 aliphatic heterocycles. The lowest BCUT2D eigenvalue weighted by atomic mass is 10.2. The Kier molecular flexibility index (Phi) is 3.36. The number of aromatic nitrogens is 3. The molecule has 0 amide bonds. The first-order valence-corrected chi connectivity index (χ1v) is 5.37. The second-order valence-electron chi connectivity index (χ2n) is 3.80. The lowest BCUT2D eigenvalue weighted by molar-refractivity contribution is 0.416. The van der Waals surface area contributed by atoms with Crippen LogP contribution in [0.15, 0.2) is 29.4 Å². The molecule has 1 unspecified atom stereocenters. The number of rotatable bonds is 5. The van der Waals surface area contributed by atoms with Crippen molar-refractivity contribution in [3.05, 3.63) is 36.3 Å². The molecule has 2 rings (SSSR count). The zero-order valence-corrected chi connectivity index (χ0v) is 9.55. The number of hydrogen-bond acceptors (Lipinski definition) is 4. The molecule has 1 N–H and O–H groups in total. The van der Waals surface area contributed by atoms with Crippen molar-refractivity contribution < 1.29 is 4.42 Å². The van der Waals surface area contributed by atoms with Gasteiger partial charge in [0, 0.05) is 6.54 Å². The molecular formula is C11H16N4O. The van der Waals surface area contributed by atoms with Gasteiger partial charge in [0.2, 0.25) is 0 Å². The van der Waals surface area contributed by atoms with Crippen LogP contribution in [0.5, 0.6) is 0 Å². The van der Waals surface area contributed by atoms with Gasteiger partial charge in [-0.3, -0.25) is 4.68 Å². The lowest BCUT2D eigenvalue weighted by Gasteiger charge is -2.12. The minimum atomic E-state index is 0.221. The first kappa shape index (κ1) is 10.9. The fourth-order valence-corrected chi connectivity index (χ4v) is 1.66. The summed E-state index contributed by atoms with van der Waals surface area (Å²) in [4.78, 5) is 3.89. The first-order valence-electron chi connectivity index (χ1n) is 5.37. The van der Waals surface area contributed by atoms with Gasteiger partial charge in [0.1, 0.15) is 18.4 Å². The van der Waals surface area contributed by atoms with Crippen LogP contribution in [0.25, 0.3) is 0 Å². The molecule has 5 nitrogen and oxygen atoms in total. The second-order valence-corrected chi connectivity index (χ2v) is 3.80. The predicted octanol–water partition coefficient (Wildman–Crippen LogP) is 1.53. The number of hydrogen-bond donors (Lipinski definition) is 1. The van der Waals surface area contributed by atoms with Crippen LogP contribution in [0.1, 0.15) is 24.3 Å². The summed E-state index contributed by atoms with van der Waals surface area (Å²) in [7, 11) is 0. The summed E-state index contributed by atoms with van der Waals surface area (Å²) >= 11 is 0. The highest BCUT2D eigenvalue weighted by Gasteiger charge is 2.10. The van der Waals surface area contributed by atoms with Crippen molar-refractivity contribution in [2.75, 3.05) is 6.54 Å². The molecule has 0 aliphatic rings. The van der Waals surface area contributed by atoms with Crippen LogP contribution in [-0.4, -0.2) is 21.3 Å². The standard InChI is InChI=1S/C11H16N4O/c1-9-3-6-16-11(9)10(2)13-4-5-15-8-12-7-14-15/h3,6-8,10,13H,4-5H2,1-2H3. The predicted molar refractivity (Wildman–Crippen MR) is 59.9 cm³/mol. The molecule has 0 fully saturated rings. The van der Waals surface area contributed by atoms with Gasteiger partial charge >= 0.3 is 0 Å². The summed E-state index contributed by atoms with van der Waals surface area (Å²) in [6, 6.07) is 2.20. The molecule has 0 saturated carbocycles. The van der Waals surface area contributed by atoms with Crippen molar-refractivity contribution in [3.63, 3.8) is 0 Å². The SMILES string of the molecule is Cc1ccoc1C(C)NCCn1cncn1. The number of aryl methyl sites for hydroxylation is 1.